The van der Waals surface area contributed by atoms with E-state index >= 15 is 0 Å². The molecule has 1 heterocycles. The Morgan fingerprint density at radius 1 is 1.53 bits per heavy atom. The molecule has 1 aromatic rings. The van der Waals surface area contributed by atoms with Gasteiger partial charge in [-0.25, -0.2) is 13.4 Å². The van der Waals surface area contributed by atoms with Crippen molar-refractivity contribution in [3.05, 3.63) is 29.6 Å². The van der Waals surface area contributed by atoms with Crippen LogP contribution in [0.2, 0.25) is 0 Å². The summed E-state index contributed by atoms with van der Waals surface area (Å²) in [6.45, 7) is 0.430. The summed E-state index contributed by atoms with van der Waals surface area (Å²) < 4.78 is 28.2. The van der Waals surface area contributed by atoms with Gasteiger partial charge in [0.15, 0.2) is 9.84 Å². The molecular formula is C11H14N2O3S. The summed E-state index contributed by atoms with van der Waals surface area (Å²) in [6, 6.07) is 4.98. The molecule has 0 aliphatic rings. The van der Waals surface area contributed by atoms with Crippen LogP contribution < -0.4 is 0 Å². The van der Waals surface area contributed by atoms with E-state index in [4.69, 9.17) is 10.00 Å². The van der Waals surface area contributed by atoms with E-state index in [-0.39, 0.29) is 17.2 Å². The van der Waals surface area contributed by atoms with Crippen molar-refractivity contribution in [2.24, 2.45) is 0 Å². The lowest BCUT2D eigenvalue weighted by molar-refractivity contribution is 0.199. The molecule has 92 valence electrons. The van der Waals surface area contributed by atoms with Crippen LogP contribution in [0.5, 0.6) is 0 Å². The van der Waals surface area contributed by atoms with Gasteiger partial charge in [-0.3, -0.25) is 0 Å². The third-order valence-electron chi connectivity index (χ3n) is 2.13. The maximum absolute atomic E-state index is 11.7. The van der Waals surface area contributed by atoms with Crippen LogP contribution in [-0.2, 0) is 20.3 Å². The van der Waals surface area contributed by atoms with Gasteiger partial charge in [-0.2, -0.15) is 5.26 Å². The molecule has 0 atom stereocenters. The molecule has 0 saturated carbocycles. The first-order valence-corrected chi connectivity index (χ1v) is 6.94. The number of rotatable bonds is 6. The fourth-order valence-electron chi connectivity index (χ4n) is 1.37. The highest BCUT2D eigenvalue weighted by Crippen LogP contribution is 2.08. The van der Waals surface area contributed by atoms with Crippen LogP contribution in [0.15, 0.2) is 18.3 Å². The summed E-state index contributed by atoms with van der Waals surface area (Å²) in [5.41, 5.74) is 0.823. The molecule has 1 aromatic heterocycles. The van der Waals surface area contributed by atoms with Crippen molar-refractivity contribution in [3.8, 4) is 6.07 Å². The Labute approximate surface area is 101 Å². The van der Waals surface area contributed by atoms with Crippen LogP contribution in [0.4, 0.5) is 0 Å². The molecule has 0 N–H and O–H groups in total. The highest BCUT2D eigenvalue weighted by molar-refractivity contribution is 7.90. The number of aromatic nitrogens is 1. The van der Waals surface area contributed by atoms with Gasteiger partial charge < -0.3 is 4.74 Å². The Kier molecular flexibility index (Phi) is 5.07. The second kappa shape index (κ2) is 6.33. The number of hydrogen-bond acceptors (Lipinski definition) is 5. The van der Waals surface area contributed by atoms with Crippen molar-refractivity contribution in [1.82, 2.24) is 4.98 Å². The Hall–Kier alpha value is -1.45. The molecule has 0 bridgehead atoms. The van der Waals surface area contributed by atoms with Crippen molar-refractivity contribution >= 4 is 9.84 Å². The number of nitrogens with zero attached hydrogens (tertiary/aromatic N) is 2. The molecule has 0 unspecified atom stereocenters. The van der Waals surface area contributed by atoms with Crippen LogP contribution in [0.25, 0.3) is 0 Å². The van der Waals surface area contributed by atoms with Gasteiger partial charge in [0.25, 0.3) is 0 Å². The van der Waals surface area contributed by atoms with E-state index < -0.39 is 9.84 Å². The van der Waals surface area contributed by atoms with Crippen molar-refractivity contribution < 1.29 is 13.2 Å². The SMILES string of the molecule is COCCCS(=O)(=O)Cc1ccnc(C#N)c1. The summed E-state index contributed by atoms with van der Waals surface area (Å²) in [5, 5.41) is 8.66. The van der Waals surface area contributed by atoms with Crippen LogP contribution in [-0.4, -0.2) is 32.9 Å². The lowest BCUT2D eigenvalue weighted by Crippen LogP contribution is -2.11. The minimum Gasteiger partial charge on any atom is -0.385 e. The lowest BCUT2D eigenvalue weighted by Gasteiger charge is -2.04. The van der Waals surface area contributed by atoms with Gasteiger partial charge in [-0.1, -0.05) is 0 Å². The van der Waals surface area contributed by atoms with E-state index in [1.807, 2.05) is 6.07 Å². The lowest BCUT2D eigenvalue weighted by atomic mass is 10.2. The average molecular weight is 254 g/mol. The molecule has 0 saturated heterocycles. The third-order valence-corrected chi connectivity index (χ3v) is 3.81. The van der Waals surface area contributed by atoms with E-state index in [0.29, 0.717) is 18.6 Å². The second-order valence-electron chi connectivity index (χ2n) is 3.60. The third kappa shape index (κ3) is 4.93. The maximum atomic E-state index is 11.7. The topological polar surface area (TPSA) is 80.1 Å². The predicted octanol–water partition coefficient (Wildman–Crippen LogP) is 0.905. The normalized spacial score (nSPS) is 11.1. The molecule has 17 heavy (non-hydrogen) atoms. The molecule has 0 fully saturated rings. The van der Waals surface area contributed by atoms with Crippen molar-refractivity contribution in [2.75, 3.05) is 19.5 Å². The largest absolute Gasteiger partial charge is 0.385 e. The van der Waals surface area contributed by atoms with Crippen LogP contribution in [0, 0.1) is 11.3 Å². The standard InChI is InChI=1S/C11H14N2O3S/c1-16-5-2-6-17(14,15)9-10-3-4-13-11(7-10)8-12/h3-4,7H,2,5-6,9H2,1H3. The highest BCUT2D eigenvalue weighted by Gasteiger charge is 2.12. The molecule has 0 amide bonds. The summed E-state index contributed by atoms with van der Waals surface area (Å²) >= 11 is 0. The Morgan fingerprint density at radius 2 is 2.29 bits per heavy atom. The van der Waals surface area contributed by atoms with Crippen molar-refractivity contribution in [2.45, 2.75) is 12.2 Å². The zero-order chi connectivity index (χ0) is 12.7. The van der Waals surface area contributed by atoms with Gasteiger partial charge in [0, 0.05) is 19.9 Å². The zero-order valence-corrected chi connectivity index (χ0v) is 10.4. The number of methoxy groups -OCH3 is 1. The monoisotopic (exact) mass is 254 g/mol. The molecule has 0 spiro atoms. The van der Waals surface area contributed by atoms with Gasteiger partial charge in [0.1, 0.15) is 11.8 Å². The minimum absolute atomic E-state index is 0.0616. The van der Waals surface area contributed by atoms with E-state index in [2.05, 4.69) is 4.98 Å². The minimum atomic E-state index is -3.15. The maximum Gasteiger partial charge on any atom is 0.154 e. The summed E-state index contributed by atoms with van der Waals surface area (Å²) in [4.78, 5) is 3.79. The van der Waals surface area contributed by atoms with E-state index in [0.717, 1.165) is 0 Å². The first-order valence-electron chi connectivity index (χ1n) is 5.12. The van der Waals surface area contributed by atoms with Gasteiger partial charge in [-0.05, 0) is 24.1 Å². The number of hydrogen-bond donors (Lipinski definition) is 0. The average Bonchev–Trinajstić information content (AvgIpc) is 2.29. The Morgan fingerprint density at radius 3 is 2.94 bits per heavy atom. The molecule has 0 aromatic carbocycles. The molecule has 0 aliphatic heterocycles. The van der Waals surface area contributed by atoms with Gasteiger partial charge in [0.2, 0.25) is 0 Å². The summed E-state index contributed by atoms with van der Waals surface area (Å²) in [5.74, 6) is 0.0268. The smallest absolute Gasteiger partial charge is 0.154 e. The number of nitriles is 1. The van der Waals surface area contributed by atoms with E-state index in [1.54, 1.807) is 6.07 Å². The Bertz CT molecular complexity index is 506. The molecule has 1 rings (SSSR count). The number of sulfone groups is 1. The molecular weight excluding hydrogens is 240 g/mol. The highest BCUT2D eigenvalue weighted by atomic mass is 32.2. The second-order valence-corrected chi connectivity index (χ2v) is 5.78. The van der Waals surface area contributed by atoms with E-state index in [1.165, 1.54) is 19.4 Å². The van der Waals surface area contributed by atoms with Crippen molar-refractivity contribution in [1.29, 1.82) is 5.26 Å². The molecule has 5 nitrogen and oxygen atoms in total. The van der Waals surface area contributed by atoms with Crippen molar-refractivity contribution in [3.63, 3.8) is 0 Å². The Balaban J connectivity index is 2.66. The summed E-state index contributed by atoms with van der Waals surface area (Å²) in [6.07, 6.45) is 1.92. The fourth-order valence-corrected chi connectivity index (χ4v) is 2.76. The zero-order valence-electron chi connectivity index (χ0n) is 9.59. The number of pyridine rings is 1. The van der Waals surface area contributed by atoms with Gasteiger partial charge in [-0.15, -0.1) is 0 Å². The molecule has 0 radical (unpaired) electrons. The van der Waals surface area contributed by atoms with Crippen LogP contribution >= 0.6 is 0 Å². The van der Waals surface area contributed by atoms with Crippen LogP contribution in [0.1, 0.15) is 17.7 Å². The summed E-state index contributed by atoms with van der Waals surface area (Å²) in [7, 11) is -1.61. The predicted molar refractivity (Wildman–Crippen MR) is 62.9 cm³/mol. The van der Waals surface area contributed by atoms with Crippen LogP contribution in [0.3, 0.4) is 0 Å². The van der Waals surface area contributed by atoms with Gasteiger partial charge >= 0.3 is 0 Å². The molecule has 6 heteroatoms. The number of ether oxygens (including phenoxy) is 1. The molecule has 0 aliphatic carbocycles. The fraction of sp³-hybridized carbons (Fsp3) is 0.455. The first-order chi connectivity index (χ1) is 8.07. The quantitative estimate of drug-likeness (QED) is 0.705. The van der Waals surface area contributed by atoms with E-state index in [9.17, 15) is 8.42 Å². The van der Waals surface area contributed by atoms with Gasteiger partial charge in [0.05, 0.1) is 11.5 Å². The first kappa shape index (κ1) is 13.6.